The lowest BCUT2D eigenvalue weighted by Gasteiger charge is -2.33. The number of likely N-dealkylation sites (tertiary alicyclic amines) is 1. The van der Waals surface area contributed by atoms with Gasteiger partial charge in [0.25, 0.3) is 0 Å². The highest BCUT2D eigenvalue weighted by Crippen LogP contribution is 2.41. The lowest BCUT2D eigenvalue weighted by atomic mass is 9.77. The summed E-state index contributed by atoms with van der Waals surface area (Å²) < 4.78 is 0. The molecule has 0 aliphatic carbocycles. The lowest BCUT2D eigenvalue weighted by molar-refractivity contribution is -0.134. The van der Waals surface area contributed by atoms with Crippen LogP contribution in [0.15, 0.2) is 18.3 Å². The topological polar surface area (TPSA) is 48.5 Å². The Morgan fingerprint density at radius 1 is 1.44 bits per heavy atom. The van der Waals surface area contributed by atoms with Crippen LogP contribution in [-0.4, -0.2) is 60.5 Å². The molecule has 1 atom stereocenters. The molecule has 2 saturated heterocycles. The van der Waals surface area contributed by atoms with Crippen molar-refractivity contribution in [1.82, 2.24) is 20.1 Å². The second-order valence-corrected chi connectivity index (χ2v) is 7.39. The number of nitrogens with one attached hydrogen (secondary N) is 1. The number of nitrogens with zero attached hydrogens (tertiary/aromatic N) is 3. The highest BCUT2D eigenvalue weighted by atomic mass is 35.5. The number of carbonyl (C=O) groups is 1. The first-order valence-electron chi connectivity index (χ1n) is 8.26. The Morgan fingerprint density at radius 2 is 2.12 bits per heavy atom. The quantitative estimate of drug-likeness (QED) is 0.780. The number of likely N-dealkylation sites (N-methyl/N-ethyl adjacent to an activating group) is 2. The Morgan fingerprint density at radius 3 is 2.76 bits per heavy atom. The number of carbonyl (C=O) groups excluding carboxylic acids is 1. The molecule has 142 valence electrons. The van der Waals surface area contributed by atoms with E-state index in [-0.39, 0.29) is 36.8 Å². The molecule has 25 heavy (non-hydrogen) atoms. The summed E-state index contributed by atoms with van der Waals surface area (Å²) in [7, 11) is 3.93. The van der Waals surface area contributed by atoms with E-state index in [4.69, 9.17) is 11.6 Å². The van der Waals surface area contributed by atoms with E-state index in [1.807, 2.05) is 19.2 Å². The van der Waals surface area contributed by atoms with Crippen molar-refractivity contribution in [3.8, 4) is 0 Å². The Balaban J connectivity index is 0.00000156. The van der Waals surface area contributed by atoms with Gasteiger partial charge in [0.1, 0.15) is 5.15 Å². The molecular weight excluding hydrogens is 383 g/mol. The van der Waals surface area contributed by atoms with Crippen LogP contribution in [0.5, 0.6) is 0 Å². The maximum absolute atomic E-state index is 12.9. The zero-order valence-corrected chi connectivity index (χ0v) is 17.1. The molecule has 1 N–H and O–H groups in total. The number of halogens is 3. The van der Waals surface area contributed by atoms with Crippen LogP contribution >= 0.6 is 36.4 Å². The van der Waals surface area contributed by atoms with Gasteiger partial charge < -0.3 is 10.2 Å². The van der Waals surface area contributed by atoms with Crippen molar-refractivity contribution < 1.29 is 4.79 Å². The number of pyridine rings is 1. The first-order valence-corrected chi connectivity index (χ1v) is 8.64. The van der Waals surface area contributed by atoms with Gasteiger partial charge in [-0.3, -0.25) is 9.69 Å². The van der Waals surface area contributed by atoms with E-state index >= 15 is 0 Å². The van der Waals surface area contributed by atoms with Crippen LogP contribution in [0, 0.1) is 5.41 Å². The fourth-order valence-electron chi connectivity index (χ4n) is 3.99. The highest BCUT2D eigenvalue weighted by molar-refractivity contribution is 6.30. The standard InChI is InChI=1S/C17H25ClN4O.2ClH/c1-21(11-13-4-3-7-20-15(13)18)16(23)14-10-17(12-22(14)2)5-8-19-9-6-17;;/h3-4,7,14,19H,5-6,8-12H2,1-2H3;2*1H. The van der Waals surface area contributed by atoms with Crippen LogP contribution in [0.4, 0.5) is 0 Å². The first-order chi connectivity index (χ1) is 11.0. The van der Waals surface area contributed by atoms with Crippen molar-refractivity contribution in [2.45, 2.75) is 31.8 Å². The monoisotopic (exact) mass is 408 g/mol. The zero-order valence-electron chi connectivity index (χ0n) is 14.7. The molecule has 1 unspecified atom stereocenters. The van der Waals surface area contributed by atoms with E-state index in [9.17, 15) is 4.79 Å². The van der Waals surface area contributed by atoms with Gasteiger partial charge >= 0.3 is 0 Å². The van der Waals surface area contributed by atoms with E-state index in [1.54, 1.807) is 11.1 Å². The van der Waals surface area contributed by atoms with Crippen molar-refractivity contribution in [2.75, 3.05) is 33.7 Å². The number of amides is 1. The maximum Gasteiger partial charge on any atom is 0.239 e. The third kappa shape index (κ3) is 4.98. The summed E-state index contributed by atoms with van der Waals surface area (Å²) >= 11 is 6.11. The zero-order chi connectivity index (χ0) is 16.4. The van der Waals surface area contributed by atoms with Crippen molar-refractivity contribution in [3.05, 3.63) is 29.0 Å². The first kappa shape index (κ1) is 22.5. The second kappa shape index (κ2) is 9.38. The van der Waals surface area contributed by atoms with E-state index in [2.05, 4.69) is 22.2 Å². The maximum atomic E-state index is 12.9. The van der Waals surface area contributed by atoms with Gasteiger partial charge in [0.05, 0.1) is 6.04 Å². The number of hydrogen-bond donors (Lipinski definition) is 1. The van der Waals surface area contributed by atoms with E-state index < -0.39 is 0 Å². The predicted molar refractivity (Wildman–Crippen MR) is 106 cm³/mol. The van der Waals surface area contributed by atoms with Crippen LogP contribution in [0.3, 0.4) is 0 Å². The molecule has 2 fully saturated rings. The minimum absolute atomic E-state index is 0. The fourth-order valence-corrected chi connectivity index (χ4v) is 4.17. The van der Waals surface area contributed by atoms with Crippen molar-refractivity contribution >= 4 is 42.3 Å². The Labute approximate surface area is 167 Å². The van der Waals surface area contributed by atoms with Crippen molar-refractivity contribution in [2.24, 2.45) is 5.41 Å². The minimum atomic E-state index is -0.0199. The normalized spacial score (nSPS) is 22.1. The molecule has 5 nitrogen and oxygen atoms in total. The van der Waals surface area contributed by atoms with Gasteiger partial charge in [0.15, 0.2) is 0 Å². The van der Waals surface area contributed by atoms with Gasteiger partial charge in [-0.15, -0.1) is 24.8 Å². The predicted octanol–water partition coefficient (Wildman–Crippen LogP) is 2.61. The molecule has 0 bridgehead atoms. The third-order valence-electron chi connectivity index (χ3n) is 5.31. The average molecular weight is 410 g/mol. The third-order valence-corrected chi connectivity index (χ3v) is 5.65. The van der Waals surface area contributed by atoms with Crippen LogP contribution in [0.2, 0.25) is 5.15 Å². The molecule has 0 aromatic carbocycles. The largest absolute Gasteiger partial charge is 0.340 e. The van der Waals surface area contributed by atoms with E-state index in [0.717, 1.165) is 31.6 Å². The Kier molecular flexibility index (Phi) is 8.42. The fraction of sp³-hybridized carbons (Fsp3) is 0.647. The molecule has 0 radical (unpaired) electrons. The molecule has 1 aromatic heterocycles. The van der Waals surface area contributed by atoms with Crippen LogP contribution in [-0.2, 0) is 11.3 Å². The summed E-state index contributed by atoms with van der Waals surface area (Å²) in [5.74, 6) is 0.183. The SMILES string of the molecule is CN(Cc1cccnc1Cl)C(=O)C1CC2(CCNCC2)CN1C.Cl.Cl. The van der Waals surface area contributed by atoms with Crippen molar-refractivity contribution in [3.63, 3.8) is 0 Å². The molecule has 1 spiro atoms. The van der Waals surface area contributed by atoms with Crippen molar-refractivity contribution in [1.29, 1.82) is 0 Å². The second-order valence-electron chi connectivity index (χ2n) is 7.03. The van der Waals surface area contributed by atoms with E-state index in [1.165, 1.54) is 12.8 Å². The summed E-state index contributed by atoms with van der Waals surface area (Å²) in [5.41, 5.74) is 1.20. The lowest BCUT2D eigenvalue weighted by Crippen LogP contribution is -2.42. The Hall–Kier alpha value is -0.590. The molecule has 0 saturated carbocycles. The number of piperidine rings is 1. The molecule has 3 heterocycles. The highest BCUT2D eigenvalue weighted by Gasteiger charge is 2.46. The molecule has 3 rings (SSSR count). The number of aromatic nitrogens is 1. The van der Waals surface area contributed by atoms with Crippen LogP contribution < -0.4 is 5.32 Å². The molecule has 1 amide bonds. The average Bonchev–Trinajstić information content (AvgIpc) is 2.85. The van der Waals surface area contributed by atoms with Gasteiger partial charge in [-0.1, -0.05) is 17.7 Å². The molecule has 2 aliphatic heterocycles. The van der Waals surface area contributed by atoms with Crippen LogP contribution in [0.1, 0.15) is 24.8 Å². The van der Waals surface area contributed by atoms with Gasteiger partial charge in [0, 0.05) is 31.9 Å². The molecule has 8 heteroatoms. The van der Waals surface area contributed by atoms with Crippen LogP contribution in [0.25, 0.3) is 0 Å². The number of hydrogen-bond acceptors (Lipinski definition) is 4. The molecular formula is C17H27Cl3N4O. The molecule has 2 aliphatic rings. The van der Waals surface area contributed by atoms with Gasteiger partial charge in [0.2, 0.25) is 5.91 Å². The summed E-state index contributed by atoms with van der Waals surface area (Å²) in [6.45, 7) is 3.66. The summed E-state index contributed by atoms with van der Waals surface area (Å²) in [4.78, 5) is 21.0. The minimum Gasteiger partial charge on any atom is -0.340 e. The summed E-state index contributed by atoms with van der Waals surface area (Å²) in [6, 6.07) is 3.75. The molecule has 1 aromatic rings. The summed E-state index contributed by atoms with van der Waals surface area (Å²) in [6.07, 6.45) is 4.97. The Bertz CT molecular complexity index is 581. The van der Waals surface area contributed by atoms with E-state index in [0.29, 0.717) is 17.1 Å². The van der Waals surface area contributed by atoms with Gasteiger partial charge in [-0.2, -0.15) is 0 Å². The number of rotatable bonds is 3. The van der Waals surface area contributed by atoms with Gasteiger partial charge in [-0.25, -0.2) is 4.98 Å². The smallest absolute Gasteiger partial charge is 0.239 e. The van der Waals surface area contributed by atoms with Gasteiger partial charge in [-0.05, 0) is 50.9 Å². The summed E-state index contributed by atoms with van der Waals surface area (Å²) in [5, 5.41) is 3.89.